The molecule has 0 radical (unpaired) electrons. The fourth-order valence-corrected chi connectivity index (χ4v) is 12.7. The third kappa shape index (κ3) is 6.59. The maximum absolute atomic E-state index is 13.0. The molecule has 8 nitrogen and oxygen atoms in total. The van der Waals surface area contributed by atoms with Crippen molar-refractivity contribution in [1.29, 1.82) is 0 Å². The third-order valence-electron chi connectivity index (χ3n) is 9.40. The highest BCUT2D eigenvalue weighted by atomic mass is 32.2. The topological polar surface area (TPSA) is 133 Å². The summed E-state index contributed by atoms with van der Waals surface area (Å²) in [5, 5.41) is 17.6. The van der Waals surface area contributed by atoms with Gasteiger partial charge >= 0.3 is 0 Å². The van der Waals surface area contributed by atoms with Crippen molar-refractivity contribution < 1.29 is 27.3 Å². The van der Waals surface area contributed by atoms with Crippen LogP contribution in [0.5, 0.6) is 0 Å². The molecule has 0 spiro atoms. The summed E-state index contributed by atoms with van der Waals surface area (Å²) in [7, 11) is -6.57. The van der Waals surface area contributed by atoms with Crippen LogP contribution in [0.4, 0.5) is 0 Å². The first-order valence-corrected chi connectivity index (χ1v) is 18.9. The first-order chi connectivity index (χ1) is 20.4. The van der Waals surface area contributed by atoms with E-state index in [2.05, 4.69) is 88.3 Å². The van der Waals surface area contributed by atoms with Gasteiger partial charge in [-0.25, -0.2) is 8.42 Å². The molecule has 1 heterocycles. The molecule has 240 valence electrons. The Hall–Kier alpha value is -2.79. The van der Waals surface area contributed by atoms with E-state index in [-0.39, 0.29) is 16.7 Å². The molecular formula is C34H48N2O6SSi. The lowest BCUT2D eigenvalue weighted by Crippen LogP contribution is -2.67. The molecule has 0 saturated heterocycles. The van der Waals surface area contributed by atoms with Gasteiger partial charge in [-0.1, -0.05) is 100 Å². The van der Waals surface area contributed by atoms with Gasteiger partial charge in [0, 0.05) is 24.0 Å². The smallest absolute Gasteiger partial charge is 0.261 e. The van der Waals surface area contributed by atoms with Gasteiger partial charge in [0.25, 0.3) is 8.32 Å². The van der Waals surface area contributed by atoms with Gasteiger partial charge in [-0.05, 0) is 54.4 Å². The van der Waals surface area contributed by atoms with Crippen molar-refractivity contribution in [1.82, 2.24) is 5.16 Å². The van der Waals surface area contributed by atoms with Gasteiger partial charge in [0.05, 0.1) is 17.6 Å². The van der Waals surface area contributed by atoms with E-state index in [0.29, 0.717) is 37.3 Å². The molecular weight excluding hydrogens is 593 g/mol. The van der Waals surface area contributed by atoms with E-state index in [4.69, 9.17) is 14.7 Å². The number of rotatable bonds is 11. The van der Waals surface area contributed by atoms with Crippen LogP contribution in [0, 0.1) is 5.92 Å². The van der Waals surface area contributed by atoms with Gasteiger partial charge < -0.3 is 19.8 Å². The molecule has 3 unspecified atom stereocenters. The predicted molar refractivity (Wildman–Crippen MR) is 176 cm³/mol. The van der Waals surface area contributed by atoms with Gasteiger partial charge in [-0.2, -0.15) is 0 Å². The molecule has 1 aromatic heterocycles. The van der Waals surface area contributed by atoms with E-state index in [0.717, 1.165) is 0 Å². The summed E-state index contributed by atoms with van der Waals surface area (Å²) in [5.41, 5.74) is 5.58. The number of aromatic nitrogens is 1. The van der Waals surface area contributed by atoms with Crippen molar-refractivity contribution in [3.05, 3.63) is 78.2 Å². The van der Waals surface area contributed by atoms with Crippen LogP contribution in [0.15, 0.2) is 71.3 Å². The molecule has 3 atom stereocenters. The summed E-state index contributed by atoms with van der Waals surface area (Å²) in [6.07, 6.45) is 0.682. The first kappa shape index (κ1) is 34.1. The molecule has 3 N–H and O–H groups in total. The Kier molecular flexibility index (Phi) is 9.71. The van der Waals surface area contributed by atoms with Gasteiger partial charge in [0.2, 0.25) is 5.91 Å². The summed E-state index contributed by atoms with van der Waals surface area (Å²) in [6, 6.07) is 22.8. The van der Waals surface area contributed by atoms with Crippen molar-refractivity contribution in [3.8, 4) is 0 Å². The molecule has 0 aliphatic heterocycles. The highest BCUT2D eigenvalue weighted by molar-refractivity contribution is 7.93. The number of aliphatic hydroxyl groups is 1. The number of nitrogens with two attached hydrogens (primary N) is 1. The maximum atomic E-state index is 13.0. The van der Waals surface area contributed by atoms with Crippen molar-refractivity contribution in [3.63, 3.8) is 0 Å². The van der Waals surface area contributed by atoms with E-state index >= 15 is 0 Å². The Morgan fingerprint density at radius 3 is 2.02 bits per heavy atom. The van der Waals surface area contributed by atoms with Gasteiger partial charge in [0.15, 0.2) is 9.84 Å². The second-order valence-corrected chi connectivity index (χ2v) is 21.3. The second-order valence-electron chi connectivity index (χ2n) is 14.5. The van der Waals surface area contributed by atoms with E-state index in [1.165, 1.54) is 24.2 Å². The number of hydrogen-bond donors (Lipinski definition) is 2. The third-order valence-corrected chi connectivity index (χ3v) is 17.1. The van der Waals surface area contributed by atoms with E-state index < -0.39 is 46.2 Å². The van der Waals surface area contributed by atoms with Crippen LogP contribution in [0.3, 0.4) is 0 Å². The van der Waals surface area contributed by atoms with Crippen LogP contribution in [0.1, 0.15) is 85.1 Å². The lowest BCUT2D eigenvalue weighted by molar-refractivity contribution is -0.119. The number of amides is 1. The average molecular weight is 641 g/mol. The Bertz CT molecular complexity index is 1490. The van der Waals surface area contributed by atoms with Crippen LogP contribution < -0.4 is 16.1 Å². The van der Waals surface area contributed by atoms with Crippen LogP contribution in [-0.2, 0) is 24.5 Å². The molecule has 3 aromatic rings. The van der Waals surface area contributed by atoms with Crippen molar-refractivity contribution in [2.45, 2.75) is 95.0 Å². The van der Waals surface area contributed by atoms with Gasteiger partial charge in [-0.3, -0.25) is 4.79 Å². The number of sulfone groups is 1. The Morgan fingerprint density at radius 1 is 0.977 bits per heavy atom. The fourth-order valence-electron chi connectivity index (χ4n) is 6.28. The number of nitrogens with zero attached hydrogens (tertiary/aromatic N) is 1. The summed E-state index contributed by atoms with van der Waals surface area (Å²) < 4.78 is 37.4. The Morgan fingerprint density at radius 2 is 1.52 bits per heavy atom. The van der Waals surface area contributed by atoms with E-state index in [9.17, 15) is 18.3 Å². The van der Waals surface area contributed by atoms with Gasteiger partial charge in [-0.15, -0.1) is 0 Å². The number of carbonyl (C=O) groups excluding carboxylic acids is 1. The quantitative estimate of drug-likeness (QED) is 0.296. The monoisotopic (exact) mass is 640 g/mol. The van der Waals surface area contributed by atoms with Crippen LogP contribution in [-0.4, -0.2) is 56.1 Å². The van der Waals surface area contributed by atoms with Crippen LogP contribution in [0.25, 0.3) is 0 Å². The predicted octanol–water partition coefficient (Wildman–Crippen LogP) is 4.45. The zero-order valence-electron chi connectivity index (χ0n) is 27.0. The standard InChI is InChI=1S/C34H48N2O6SSi/c1-32(2,3)44(25-14-10-8-11-15-25,26-16-12-9-13-17-26)41-23-33(4,5)30-21-29(42-36-30)27-20-24(18-19-28(27)37)22-43(39,40)34(6,7)31(35)38/h8-17,21,24,27-28,37H,18-20,22-23H2,1-7H3,(H2,35,38). The normalized spacial score (nSPS) is 20.4. The molecule has 10 heteroatoms. The molecule has 0 bridgehead atoms. The van der Waals surface area contributed by atoms with Crippen molar-refractivity contribution >= 4 is 34.4 Å². The minimum atomic E-state index is -3.79. The molecule has 1 fully saturated rings. The number of carbonyl (C=O) groups is 1. The Labute approximate surface area is 263 Å². The highest BCUT2D eigenvalue weighted by Crippen LogP contribution is 2.41. The average Bonchev–Trinajstić information content (AvgIpc) is 3.46. The van der Waals surface area contributed by atoms with Crippen molar-refractivity contribution in [2.75, 3.05) is 12.4 Å². The molecule has 4 rings (SSSR count). The second kappa shape index (κ2) is 12.5. The number of hydrogen-bond acceptors (Lipinski definition) is 7. The molecule has 2 aromatic carbocycles. The summed E-state index contributed by atoms with van der Waals surface area (Å²) in [6.45, 7) is 14.0. The molecule has 1 amide bonds. The number of aliphatic hydroxyl groups excluding tert-OH is 1. The Balaban J connectivity index is 1.58. The lowest BCUT2D eigenvalue weighted by atomic mass is 9.78. The van der Waals surface area contributed by atoms with E-state index in [1.807, 2.05) is 18.2 Å². The SMILES string of the molecule is CC(C)(CO[Si](c1ccccc1)(c1ccccc1)C(C)(C)C)c1cc(C2CC(CS(=O)(=O)C(C)(C)C(N)=O)CCC2O)on1. The minimum absolute atomic E-state index is 0.175. The van der Waals surface area contributed by atoms with E-state index in [1.54, 1.807) is 0 Å². The lowest BCUT2D eigenvalue weighted by Gasteiger charge is -2.44. The van der Waals surface area contributed by atoms with Crippen LogP contribution >= 0.6 is 0 Å². The number of primary amides is 1. The van der Waals surface area contributed by atoms with Crippen LogP contribution in [0.2, 0.25) is 5.04 Å². The molecule has 1 aliphatic rings. The largest absolute Gasteiger partial charge is 0.406 e. The summed E-state index contributed by atoms with van der Waals surface area (Å²) >= 11 is 0. The highest BCUT2D eigenvalue weighted by Gasteiger charge is 2.51. The molecule has 44 heavy (non-hydrogen) atoms. The number of benzene rings is 2. The summed E-state index contributed by atoms with van der Waals surface area (Å²) in [4.78, 5) is 11.8. The maximum Gasteiger partial charge on any atom is 0.261 e. The summed E-state index contributed by atoms with van der Waals surface area (Å²) in [5.74, 6) is -1.16. The minimum Gasteiger partial charge on any atom is -0.406 e. The van der Waals surface area contributed by atoms with Gasteiger partial charge in [0.1, 0.15) is 10.5 Å². The fraction of sp³-hybridized carbons (Fsp3) is 0.529. The zero-order valence-corrected chi connectivity index (χ0v) is 28.9. The zero-order chi connectivity index (χ0) is 32.6. The first-order valence-electron chi connectivity index (χ1n) is 15.3. The van der Waals surface area contributed by atoms with Crippen molar-refractivity contribution in [2.24, 2.45) is 11.7 Å². The molecule has 1 saturated carbocycles. The molecule has 1 aliphatic carbocycles.